The normalized spacial score (nSPS) is 12.2. The standard InChI is InChI=1S/C18H30O3Si/c1-10-15-13(3)17(20-14(4)19)12(2)11-16(15)21-22(8,9)18(5,6)7/h11H,10H2,1-9H3. The zero-order chi connectivity index (χ0) is 17.3. The number of rotatable bonds is 4. The highest BCUT2D eigenvalue weighted by atomic mass is 28.4. The van der Waals surface area contributed by atoms with Gasteiger partial charge in [-0.1, -0.05) is 27.7 Å². The molecule has 0 spiro atoms. The lowest BCUT2D eigenvalue weighted by Crippen LogP contribution is -2.44. The number of benzene rings is 1. The molecule has 0 N–H and O–H groups in total. The third-order valence-electron chi connectivity index (χ3n) is 4.57. The lowest BCUT2D eigenvalue weighted by molar-refractivity contribution is -0.131. The van der Waals surface area contributed by atoms with E-state index in [4.69, 9.17) is 9.16 Å². The number of ether oxygens (including phenoxy) is 1. The Morgan fingerprint density at radius 2 is 1.77 bits per heavy atom. The van der Waals surface area contributed by atoms with Gasteiger partial charge in [0.15, 0.2) is 0 Å². The van der Waals surface area contributed by atoms with Gasteiger partial charge in [-0.2, -0.15) is 0 Å². The molecule has 0 radical (unpaired) electrons. The summed E-state index contributed by atoms with van der Waals surface area (Å²) in [6.45, 7) is 18.7. The van der Waals surface area contributed by atoms with Gasteiger partial charge >= 0.3 is 5.97 Å². The van der Waals surface area contributed by atoms with Crippen LogP contribution in [0, 0.1) is 13.8 Å². The molecule has 3 nitrogen and oxygen atoms in total. The molecule has 0 aliphatic carbocycles. The molecule has 0 heterocycles. The summed E-state index contributed by atoms with van der Waals surface area (Å²) >= 11 is 0. The van der Waals surface area contributed by atoms with E-state index in [9.17, 15) is 4.79 Å². The molecule has 0 amide bonds. The van der Waals surface area contributed by atoms with Crippen LogP contribution >= 0.6 is 0 Å². The zero-order valence-corrected chi connectivity index (χ0v) is 16.5. The van der Waals surface area contributed by atoms with E-state index in [2.05, 4.69) is 40.8 Å². The number of aryl methyl sites for hydroxylation is 1. The third-order valence-corrected chi connectivity index (χ3v) is 8.91. The molecule has 0 saturated heterocycles. The summed E-state index contributed by atoms with van der Waals surface area (Å²) in [6, 6.07) is 2.02. The van der Waals surface area contributed by atoms with Crippen LogP contribution in [0.3, 0.4) is 0 Å². The Balaban J connectivity index is 3.36. The van der Waals surface area contributed by atoms with Crippen molar-refractivity contribution < 1.29 is 14.0 Å². The van der Waals surface area contributed by atoms with E-state index in [-0.39, 0.29) is 11.0 Å². The highest BCUT2D eigenvalue weighted by Gasteiger charge is 2.39. The maximum Gasteiger partial charge on any atom is 0.308 e. The van der Waals surface area contributed by atoms with Crippen molar-refractivity contribution in [3.8, 4) is 11.5 Å². The lowest BCUT2D eigenvalue weighted by Gasteiger charge is -2.37. The van der Waals surface area contributed by atoms with Crippen LogP contribution < -0.4 is 9.16 Å². The van der Waals surface area contributed by atoms with E-state index in [1.807, 2.05) is 19.9 Å². The Hall–Kier alpha value is -1.29. The van der Waals surface area contributed by atoms with E-state index >= 15 is 0 Å². The first-order valence-corrected chi connectivity index (χ1v) is 10.8. The van der Waals surface area contributed by atoms with Gasteiger partial charge in [0.2, 0.25) is 8.32 Å². The van der Waals surface area contributed by atoms with Gasteiger partial charge < -0.3 is 9.16 Å². The topological polar surface area (TPSA) is 35.5 Å². The Labute approximate surface area is 136 Å². The number of carbonyl (C=O) groups excluding carboxylic acids is 1. The zero-order valence-electron chi connectivity index (χ0n) is 15.5. The molecular formula is C18H30O3Si. The number of carbonyl (C=O) groups is 1. The summed E-state index contributed by atoms with van der Waals surface area (Å²) in [4.78, 5) is 11.3. The minimum absolute atomic E-state index is 0.147. The molecule has 0 unspecified atom stereocenters. The highest BCUT2D eigenvalue weighted by Crippen LogP contribution is 2.41. The fraction of sp³-hybridized carbons (Fsp3) is 0.611. The van der Waals surface area contributed by atoms with Crippen molar-refractivity contribution >= 4 is 14.3 Å². The summed E-state index contributed by atoms with van der Waals surface area (Å²) in [7, 11) is -1.90. The van der Waals surface area contributed by atoms with Gasteiger partial charge in [0.05, 0.1) is 0 Å². The molecule has 0 atom stereocenters. The number of hydrogen-bond donors (Lipinski definition) is 0. The van der Waals surface area contributed by atoms with Crippen molar-refractivity contribution in [2.45, 2.75) is 73.0 Å². The Morgan fingerprint density at radius 1 is 1.23 bits per heavy atom. The molecule has 4 heteroatoms. The number of hydrogen-bond acceptors (Lipinski definition) is 3. The van der Waals surface area contributed by atoms with Crippen molar-refractivity contribution in [1.29, 1.82) is 0 Å². The summed E-state index contributed by atoms with van der Waals surface area (Å²) in [6.07, 6.45) is 0.852. The highest BCUT2D eigenvalue weighted by molar-refractivity contribution is 6.74. The van der Waals surface area contributed by atoms with Crippen molar-refractivity contribution in [1.82, 2.24) is 0 Å². The van der Waals surface area contributed by atoms with Crippen LogP contribution in [-0.2, 0) is 11.2 Å². The van der Waals surface area contributed by atoms with Crippen LogP contribution in [0.1, 0.15) is 51.3 Å². The molecule has 1 aromatic rings. The van der Waals surface area contributed by atoms with E-state index < -0.39 is 8.32 Å². The second-order valence-electron chi connectivity index (χ2n) is 7.43. The summed E-state index contributed by atoms with van der Waals surface area (Å²) in [5.74, 6) is 1.33. The van der Waals surface area contributed by atoms with Gasteiger partial charge in [-0.25, -0.2) is 0 Å². The number of esters is 1. The maximum absolute atomic E-state index is 11.3. The van der Waals surface area contributed by atoms with Gasteiger partial charge in [0.25, 0.3) is 0 Å². The van der Waals surface area contributed by atoms with E-state index in [0.29, 0.717) is 5.75 Å². The van der Waals surface area contributed by atoms with Crippen LogP contribution in [0.2, 0.25) is 18.1 Å². The summed E-state index contributed by atoms with van der Waals surface area (Å²) < 4.78 is 11.9. The van der Waals surface area contributed by atoms with E-state index in [0.717, 1.165) is 28.9 Å². The average molecular weight is 323 g/mol. The molecule has 0 aliphatic heterocycles. The molecule has 1 aromatic carbocycles. The van der Waals surface area contributed by atoms with Gasteiger partial charge in [0, 0.05) is 6.92 Å². The van der Waals surface area contributed by atoms with Gasteiger partial charge in [0.1, 0.15) is 11.5 Å². The Bertz CT molecular complexity index is 569. The van der Waals surface area contributed by atoms with E-state index in [1.165, 1.54) is 6.92 Å². The molecule has 0 aliphatic rings. The van der Waals surface area contributed by atoms with Crippen LogP contribution in [0.4, 0.5) is 0 Å². The smallest absolute Gasteiger partial charge is 0.308 e. The summed E-state index contributed by atoms with van der Waals surface area (Å²) in [5, 5.41) is 0.147. The van der Waals surface area contributed by atoms with Crippen molar-refractivity contribution in [2.75, 3.05) is 0 Å². The monoisotopic (exact) mass is 322 g/mol. The van der Waals surface area contributed by atoms with Crippen LogP contribution in [0.15, 0.2) is 6.07 Å². The predicted molar refractivity (Wildman–Crippen MR) is 94.4 cm³/mol. The van der Waals surface area contributed by atoms with Gasteiger partial charge in [-0.05, 0) is 61.2 Å². The minimum Gasteiger partial charge on any atom is -0.543 e. The Morgan fingerprint density at radius 3 is 2.18 bits per heavy atom. The van der Waals surface area contributed by atoms with Crippen LogP contribution in [0.25, 0.3) is 0 Å². The van der Waals surface area contributed by atoms with Crippen LogP contribution in [0.5, 0.6) is 11.5 Å². The molecule has 0 fully saturated rings. The van der Waals surface area contributed by atoms with Crippen molar-refractivity contribution in [3.63, 3.8) is 0 Å². The van der Waals surface area contributed by atoms with Gasteiger partial charge in [-0.3, -0.25) is 4.79 Å². The molecule has 22 heavy (non-hydrogen) atoms. The maximum atomic E-state index is 11.3. The largest absolute Gasteiger partial charge is 0.543 e. The first-order valence-electron chi connectivity index (χ1n) is 7.91. The average Bonchev–Trinajstić information content (AvgIpc) is 2.32. The molecule has 1 rings (SSSR count). The molecule has 0 bridgehead atoms. The Kier molecular flexibility index (Phi) is 5.50. The second-order valence-corrected chi connectivity index (χ2v) is 12.2. The summed E-state index contributed by atoms with van der Waals surface area (Å²) in [5.41, 5.74) is 3.08. The van der Waals surface area contributed by atoms with E-state index in [1.54, 1.807) is 0 Å². The van der Waals surface area contributed by atoms with Crippen LogP contribution in [-0.4, -0.2) is 14.3 Å². The molecule has 0 saturated carbocycles. The third kappa shape index (κ3) is 3.91. The van der Waals surface area contributed by atoms with Gasteiger partial charge in [-0.15, -0.1) is 0 Å². The first kappa shape index (κ1) is 18.8. The molecule has 124 valence electrons. The van der Waals surface area contributed by atoms with Crippen molar-refractivity contribution in [3.05, 3.63) is 22.8 Å². The minimum atomic E-state index is -1.90. The first-order chi connectivity index (χ1) is 9.90. The SMILES string of the molecule is CCc1c(O[Si](C)(C)C(C)(C)C)cc(C)c(OC(C)=O)c1C. The quantitative estimate of drug-likeness (QED) is 0.435. The van der Waals surface area contributed by atoms with Crippen molar-refractivity contribution in [2.24, 2.45) is 0 Å². The molecular weight excluding hydrogens is 292 g/mol. The predicted octanol–water partition coefficient (Wildman–Crippen LogP) is 5.18. The second kappa shape index (κ2) is 6.45. The lowest BCUT2D eigenvalue weighted by atomic mass is 10.0. The fourth-order valence-corrected chi connectivity index (χ4v) is 3.26. The fourth-order valence-electron chi connectivity index (χ4n) is 2.23. The molecule has 0 aromatic heterocycles.